The van der Waals surface area contributed by atoms with E-state index in [1.54, 1.807) is 0 Å². The van der Waals surface area contributed by atoms with Crippen molar-refractivity contribution >= 4 is 17.8 Å². The van der Waals surface area contributed by atoms with Crippen LogP contribution in [-0.4, -0.2) is 36.0 Å². The number of aliphatic carboxylic acids is 1. The Balaban J connectivity index is 2.09. The molecule has 0 bridgehead atoms. The number of carboxylic acid groups (broad SMARTS) is 1. The van der Waals surface area contributed by atoms with Crippen molar-refractivity contribution in [3.63, 3.8) is 0 Å². The zero-order chi connectivity index (χ0) is 14.3. The Morgan fingerprint density at radius 1 is 1.11 bits per heavy atom. The molecule has 0 aliphatic heterocycles. The standard InChI is InChI=1S/C12H21N3O4/c1-8(16)14-15-11(17)7-13-6-9-2-4-10(5-3-9)12(18)19/h9-10,13H,2-7H2,1H3,(H,14,16)(H,15,17)(H,18,19). The number of carbonyl (C=O) groups is 3. The number of hydrogen-bond acceptors (Lipinski definition) is 4. The van der Waals surface area contributed by atoms with E-state index in [1.165, 1.54) is 6.92 Å². The number of rotatable bonds is 5. The predicted octanol–water partition coefficient (Wildman–Crippen LogP) is -0.366. The summed E-state index contributed by atoms with van der Waals surface area (Å²) >= 11 is 0. The van der Waals surface area contributed by atoms with Gasteiger partial charge in [-0.3, -0.25) is 25.2 Å². The summed E-state index contributed by atoms with van der Waals surface area (Å²) in [7, 11) is 0. The van der Waals surface area contributed by atoms with Crippen LogP contribution >= 0.6 is 0 Å². The van der Waals surface area contributed by atoms with Gasteiger partial charge in [0.25, 0.3) is 5.91 Å². The van der Waals surface area contributed by atoms with Gasteiger partial charge in [0, 0.05) is 6.92 Å². The number of carboxylic acids is 1. The second-order valence-electron chi connectivity index (χ2n) is 4.92. The number of hydrazine groups is 1. The molecule has 1 fully saturated rings. The summed E-state index contributed by atoms with van der Waals surface area (Å²) in [5, 5.41) is 11.9. The highest BCUT2D eigenvalue weighted by Crippen LogP contribution is 2.28. The molecule has 2 amide bonds. The molecule has 0 aromatic heterocycles. The predicted molar refractivity (Wildman–Crippen MR) is 67.9 cm³/mol. The van der Waals surface area contributed by atoms with Gasteiger partial charge in [0.1, 0.15) is 0 Å². The molecule has 7 heteroatoms. The van der Waals surface area contributed by atoms with Crippen LogP contribution in [0.15, 0.2) is 0 Å². The molecule has 1 aliphatic carbocycles. The summed E-state index contributed by atoms with van der Waals surface area (Å²) in [5.41, 5.74) is 4.47. The van der Waals surface area contributed by atoms with Crippen LogP contribution < -0.4 is 16.2 Å². The second kappa shape index (κ2) is 7.73. The minimum absolute atomic E-state index is 0.138. The van der Waals surface area contributed by atoms with Crippen molar-refractivity contribution in [1.82, 2.24) is 16.2 Å². The minimum Gasteiger partial charge on any atom is -0.481 e. The maximum Gasteiger partial charge on any atom is 0.306 e. The van der Waals surface area contributed by atoms with E-state index in [0.29, 0.717) is 25.3 Å². The van der Waals surface area contributed by atoms with Gasteiger partial charge in [0.05, 0.1) is 12.5 Å². The van der Waals surface area contributed by atoms with Gasteiger partial charge in [-0.05, 0) is 38.1 Å². The zero-order valence-corrected chi connectivity index (χ0v) is 11.1. The molecule has 7 nitrogen and oxygen atoms in total. The lowest BCUT2D eigenvalue weighted by molar-refractivity contribution is -0.143. The molecule has 0 radical (unpaired) electrons. The highest BCUT2D eigenvalue weighted by molar-refractivity contribution is 5.81. The van der Waals surface area contributed by atoms with E-state index in [-0.39, 0.29) is 24.3 Å². The molecular weight excluding hydrogens is 250 g/mol. The third kappa shape index (κ3) is 6.19. The number of nitrogens with one attached hydrogen (secondary N) is 3. The molecule has 1 aliphatic rings. The molecular formula is C12H21N3O4. The molecule has 4 N–H and O–H groups in total. The van der Waals surface area contributed by atoms with E-state index in [9.17, 15) is 14.4 Å². The first kappa shape index (κ1) is 15.4. The highest BCUT2D eigenvalue weighted by atomic mass is 16.4. The van der Waals surface area contributed by atoms with Crippen molar-refractivity contribution in [2.45, 2.75) is 32.6 Å². The van der Waals surface area contributed by atoms with Gasteiger partial charge in [-0.2, -0.15) is 0 Å². The van der Waals surface area contributed by atoms with Crippen LogP contribution in [-0.2, 0) is 14.4 Å². The molecule has 0 aromatic carbocycles. The third-order valence-corrected chi connectivity index (χ3v) is 3.29. The number of amides is 2. The van der Waals surface area contributed by atoms with Gasteiger partial charge in [0.2, 0.25) is 5.91 Å². The number of carbonyl (C=O) groups excluding carboxylic acids is 2. The van der Waals surface area contributed by atoms with E-state index < -0.39 is 5.97 Å². The van der Waals surface area contributed by atoms with Crippen molar-refractivity contribution in [1.29, 1.82) is 0 Å². The molecule has 1 saturated carbocycles. The largest absolute Gasteiger partial charge is 0.481 e. The van der Waals surface area contributed by atoms with Crippen molar-refractivity contribution in [2.75, 3.05) is 13.1 Å². The van der Waals surface area contributed by atoms with Crippen molar-refractivity contribution in [2.24, 2.45) is 11.8 Å². The minimum atomic E-state index is -0.707. The lowest BCUT2D eigenvalue weighted by Gasteiger charge is -2.26. The average molecular weight is 271 g/mol. The average Bonchev–Trinajstić information content (AvgIpc) is 2.37. The van der Waals surface area contributed by atoms with Gasteiger partial charge in [-0.15, -0.1) is 0 Å². The first-order valence-electron chi connectivity index (χ1n) is 6.48. The monoisotopic (exact) mass is 271 g/mol. The van der Waals surface area contributed by atoms with Crippen molar-refractivity contribution in [3.05, 3.63) is 0 Å². The SMILES string of the molecule is CC(=O)NNC(=O)CNCC1CCC(C(=O)O)CC1. The molecule has 0 heterocycles. The highest BCUT2D eigenvalue weighted by Gasteiger charge is 2.25. The lowest BCUT2D eigenvalue weighted by atomic mass is 9.82. The van der Waals surface area contributed by atoms with E-state index in [2.05, 4.69) is 16.2 Å². The Morgan fingerprint density at radius 3 is 2.26 bits per heavy atom. The molecule has 19 heavy (non-hydrogen) atoms. The Kier molecular flexibility index (Phi) is 6.27. The van der Waals surface area contributed by atoms with Crippen LogP contribution in [0.3, 0.4) is 0 Å². The van der Waals surface area contributed by atoms with Crippen LogP contribution in [0.5, 0.6) is 0 Å². The smallest absolute Gasteiger partial charge is 0.306 e. The molecule has 0 aromatic rings. The Morgan fingerprint density at radius 2 is 1.74 bits per heavy atom. The van der Waals surface area contributed by atoms with E-state index in [4.69, 9.17) is 5.11 Å². The Bertz CT molecular complexity index is 338. The topological polar surface area (TPSA) is 108 Å². The summed E-state index contributed by atoms with van der Waals surface area (Å²) in [4.78, 5) is 32.6. The van der Waals surface area contributed by atoms with Crippen molar-refractivity contribution in [3.8, 4) is 0 Å². The van der Waals surface area contributed by atoms with Crippen LogP contribution in [0.25, 0.3) is 0 Å². The fourth-order valence-electron chi connectivity index (χ4n) is 2.21. The molecule has 0 saturated heterocycles. The Hall–Kier alpha value is -1.63. The van der Waals surface area contributed by atoms with Gasteiger partial charge < -0.3 is 10.4 Å². The fourth-order valence-corrected chi connectivity index (χ4v) is 2.21. The molecule has 0 unspecified atom stereocenters. The van der Waals surface area contributed by atoms with Crippen LogP contribution in [0.1, 0.15) is 32.6 Å². The van der Waals surface area contributed by atoms with Gasteiger partial charge in [0.15, 0.2) is 0 Å². The normalized spacial score (nSPS) is 22.6. The van der Waals surface area contributed by atoms with Crippen LogP contribution in [0.4, 0.5) is 0 Å². The Labute approximate surface area is 112 Å². The number of hydrogen-bond donors (Lipinski definition) is 4. The maximum absolute atomic E-state index is 11.3. The maximum atomic E-state index is 11.3. The van der Waals surface area contributed by atoms with Crippen molar-refractivity contribution < 1.29 is 19.5 Å². The molecule has 0 spiro atoms. The van der Waals surface area contributed by atoms with Gasteiger partial charge in [-0.1, -0.05) is 0 Å². The first-order chi connectivity index (χ1) is 8.99. The summed E-state index contributed by atoms with van der Waals surface area (Å²) in [5.74, 6) is -1.11. The van der Waals surface area contributed by atoms with Crippen LogP contribution in [0.2, 0.25) is 0 Å². The zero-order valence-electron chi connectivity index (χ0n) is 11.1. The summed E-state index contributed by atoms with van der Waals surface area (Å²) in [6, 6.07) is 0. The lowest BCUT2D eigenvalue weighted by Crippen LogP contribution is -2.45. The van der Waals surface area contributed by atoms with E-state index in [1.807, 2.05) is 0 Å². The van der Waals surface area contributed by atoms with E-state index in [0.717, 1.165) is 12.8 Å². The van der Waals surface area contributed by atoms with E-state index >= 15 is 0 Å². The quantitative estimate of drug-likeness (QED) is 0.510. The van der Waals surface area contributed by atoms with Gasteiger partial charge >= 0.3 is 5.97 Å². The summed E-state index contributed by atoms with van der Waals surface area (Å²) < 4.78 is 0. The van der Waals surface area contributed by atoms with Gasteiger partial charge in [-0.25, -0.2) is 0 Å². The first-order valence-corrected chi connectivity index (χ1v) is 6.48. The fraction of sp³-hybridized carbons (Fsp3) is 0.750. The summed E-state index contributed by atoms with van der Waals surface area (Å²) in [6.45, 7) is 2.15. The molecule has 0 atom stereocenters. The third-order valence-electron chi connectivity index (χ3n) is 3.29. The second-order valence-corrected chi connectivity index (χ2v) is 4.92. The summed E-state index contributed by atoms with van der Waals surface area (Å²) in [6.07, 6.45) is 3.16. The molecule has 108 valence electrons. The van der Waals surface area contributed by atoms with Crippen LogP contribution in [0, 0.1) is 11.8 Å². The molecule has 1 rings (SSSR count).